The maximum Gasteiger partial charge on any atom is 0.127 e. The molecular weight excluding hydrogens is 260 g/mol. The monoisotopic (exact) mass is 284 g/mol. The maximum absolute atomic E-state index is 5.69. The number of rotatable bonds is 6. The van der Waals surface area contributed by atoms with E-state index in [4.69, 9.17) is 4.42 Å². The Kier molecular flexibility index (Phi) is 4.02. The largest absolute Gasteiger partial charge is 0.467 e. The molecular formula is C18H24N2O. The fourth-order valence-corrected chi connectivity index (χ4v) is 2.68. The van der Waals surface area contributed by atoms with Gasteiger partial charge in [-0.05, 0) is 56.0 Å². The van der Waals surface area contributed by atoms with Gasteiger partial charge in [-0.1, -0.05) is 6.07 Å². The first-order chi connectivity index (χ1) is 10.1. The summed E-state index contributed by atoms with van der Waals surface area (Å²) in [4.78, 5) is 2.25. The van der Waals surface area contributed by atoms with Gasteiger partial charge in [-0.2, -0.15) is 0 Å². The highest BCUT2D eigenvalue weighted by Crippen LogP contribution is 2.23. The highest BCUT2D eigenvalue weighted by atomic mass is 16.3. The predicted octanol–water partition coefficient (Wildman–Crippen LogP) is 3.78. The Morgan fingerprint density at radius 2 is 1.90 bits per heavy atom. The van der Waals surface area contributed by atoms with Crippen LogP contribution in [0.1, 0.15) is 35.3 Å². The Hall–Kier alpha value is -1.74. The molecule has 1 aliphatic rings. The third kappa shape index (κ3) is 3.67. The summed E-state index contributed by atoms with van der Waals surface area (Å²) in [5.41, 5.74) is 5.11. The Morgan fingerprint density at radius 1 is 1.19 bits per heavy atom. The molecule has 1 fully saturated rings. The number of furan rings is 1. The van der Waals surface area contributed by atoms with Crippen LogP contribution in [0.2, 0.25) is 0 Å². The molecule has 0 bridgehead atoms. The van der Waals surface area contributed by atoms with Crippen molar-refractivity contribution in [2.24, 2.45) is 0 Å². The number of hydrogen-bond acceptors (Lipinski definition) is 3. The Morgan fingerprint density at radius 3 is 2.57 bits per heavy atom. The van der Waals surface area contributed by atoms with E-state index in [1.807, 2.05) is 0 Å². The number of anilines is 1. The molecule has 1 saturated carbocycles. The first kappa shape index (κ1) is 14.2. The molecule has 0 amide bonds. The van der Waals surface area contributed by atoms with E-state index in [2.05, 4.69) is 55.4 Å². The number of nitrogens with one attached hydrogen (secondary N) is 1. The van der Waals surface area contributed by atoms with Gasteiger partial charge in [0.25, 0.3) is 0 Å². The van der Waals surface area contributed by atoms with Crippen molar-refractivity contribution in [2.75, 3.05) is 11.9 Å². The number of hydrogen-bond donors (Lipinski definition) is 1. The molecule has 0 spiro atoms. The van der Waals surface area contributed by atoms with Gasteiger partial charge in [0, 0.05) is 30.9 Å². The van der Waals surface area contributed by atoms with E-state index in [9.17, 15) is 0 Å². The van der Waals surface area contributed by atoms with Gasteiger partial charge in [-0.3, -0.25) is 0 Å². The molecule has 0 saturated heterocycles. The standard InChI is InChI=1S/C18H24N2O/c1-13-8-14(2)10-17(9-13)20(3)12-18-15(6-7-21-18)11-19-16-4-5-16/h6-10,16,19H,4-5,11-12H2,1-3H3. The number of benzene rings is 1. The van der Waals surface area contributed by atoms with Crippen LogP contribution in [0.4, 0.5) is 5.69 Å². The van der Waals surface area contributed by atoms with Crippen molar-refractivity contribution < 1.29 is 4.42 Å². The fraction of sp³-hybridized carbons (Fsp3) is 0.444. The minimum Gasteiger partial charge on any atom is -0.467 e. The highest BCUT2D eigenvalue weighted by molar-refractivity contribution is 5.50. The van der Waals surface area contributed by atoms with E-state index < -0.39 is 0 Å². The molecule has 21 heavy (non-hydrogen) atoms. The molecule has 0 atom stereocenters. The SMILES string of the molecule is Cc1cc(C)cc(N(C)Cc2occc2CNC2CC2)c1. The average molecular weight is 284 g/mol. The van der Waals surface area contributed by atoms with Crippen LogP contribution in [0.5, 0.6) is 0 Å². The van der Waals surface area contributed by atoms with Gasteiger partial charge < -0.3 is 14.6 Å². The summed E-state index contributed by atoms with van der Waals surface area (Å²) in [6.07, 6.45) is 4.43. The Labute approximate surface area is 127 Å². The number of nitrogens with zero attached hydrogens (tertiary/aromatic N) is 1. The smallest absolute Gasteiger partial charge is 0.127 e. The molecule has 3 nitrogen and oxygen atoms in total. The summed E-state index contributed by atoms with van der Waals surface area (Å²) >= 11 is 0. The van der Waals surface area contributed by atoms with Crippen LogP contribution in [0.3, 0.4) is 0 Å². The van der Waals surface area contributed by atoms with Gasteiger partial charge in [0.15, 0.2) is 0 Å². The summed E-state index contributed by atoms with van der Waals surface area (Å²) in [7, 11) is 2.12. The van der Waals surface area contributed by atoms with Crippen LogP contribution in [0.15, 0.2) is 34.9 Å². The maximum atomic E-state index is 5.69. The van der Waals surface area contributed by atoms with E-state index in [0.717, 1.165) is 24.9 Å². The molecule has 0 radical (unpaired) electrons. The van der Waals surface area contributed by atoms with E-state index >= 15 is 0 Å². The Balaban J connectivity index is 1.68. The Bertz CT molecular complexity index is 593. The second kappa shape index (κ2) is 5.94. The lowest BCUT2D eigenvalue weighted by atomic mass is 10.1. The van der Waals surface area contributed by atoms with Gasteiger partial charge in [-0.15, -0.1) is 0 Å². The first-order valence-electron chi connectivity index (χ1n) is 7.70. The van der Waals surface area contributed by atoms with Gasteiger partial charge in [0.1, 0.15) is 5.76 Å². The zero-order valence-electron chi connectivity index (χ0n) is 13.1. The summed E-state index contributed by atoms with van der Waals surface area (Å²) in [6, 6.07) is 9.45. The summed E-state index contributed by atoms with van der Waals surface area (Å²) in [5.74, 6) is 1.06. The van der Waals surface area contributed by atoms with Crippen LogP contribution < -0.4 is 10.2 Å². The summed E-state index contributed by atoms with van der Waals surface area (Å²) < 4.78 is 5.69. The molecule has 1 aliphatic carbocycles. The molecule has 3 heteroatoms. The molecule has 112 valence electrons. The minimum atomic E-state index is 0.727. The molecule has 1 aromatic heterocycles. The van der Waals surface area contributed by atoms with Crippen LogP contribution in [-0.2, 0) is 13.1 Å². The van der Waals surface area contributed by atoms with E-state index in [1.54, 1.807) is 6.26 Å². The van der Waals surface area contributed by atoms with Crippen LogP contribution in [-0.4, -0.2) is 13.1 Å². The zero-order chi connectivity index (χ0) is 14.8. The molecule has 3 rings (SSSR count). The van der Waals surface area contributed by atoms with Crippen LogP contribution in [0.25, 0.3) is 0 Å². The minimum absolute atomic E-state index is 0.727. The van der Waals surface area contributed by atoms with Gasteiger partial charge >= 0.3 is 0 Å². The summed E-state index contributed by atoms with van der Waals surface area (Å²) in [5, 5.41) is 3.55. The average Bonchev–Trinajstić information content (AvgIpc) is 3.16. The lowest BCUT2D eigenvalue weighted by Crippen LogP contribution is -2.20. The lowest BCUT2D eigenvalue weighted by molar-refractivity contribution is 0.499. The molecule has 1 N–H and O–H groups in total. The van der Waals surface area contributed by atoms with Crippen molar-refractivity contribution in [2.45, 2.75) is 45.8 Å². The highest BCUT2D eigenvalue weighted by Gasteiger charge is 2.21. The van der Waals surface area contributed by atoms with E-state index in [1.165, 1.54) is 35.2 Å². The van der Waals surface area contributed by atoms with Crippen molar-refractivity contribution >= 4 is 5.69 Å². The molecule has 0 aliphatic heterocycles. The lowest BCUT2D eigenvalue weighted by Gasteiger charge is -2.20. The molecule has 1 aromatic carbocycles. The van der Waals surface area contributed by atoms with E-state index in [-0.39, 0.29) is 0 Å². The molecule has 0 unspecified atom stereocenters. The van der Waals surface area contributed by atoms with Crippen molar-refractivity contribution in [1.29, 1.82) is 0 Å². The van der Waals surface area contributed by atoms with Crippen molar-refractivity contribution in [3.63, 3.8) is 0 Å². The second-order valence-electron chi connectivity index (χ2n) is 6.23. The van der Waals surface area contributed by atoms with Crippen molar-refractivity contribution in [1.82, 2.24) is 5.32 Å². The molecule has 1 heterocycles. The fourth-order valence-electron chi connectivity index (χ4n) is 2.68. The molecule has 2 aromatic rings. The van der Waals surface area contributed by atoms with Gasteiger partial charge in [0.2, 0.25) is 0 Å². The van der Waals surface area contributed by atoms with Crippen molar-refractivity contribution in [3.05, 3.63) is 53.0 Å². The topological polar surface area (TPSA) is 28.4 Å². The normalized spacial score (nSPS) is 14.4. The number of aryl methyl sites for hydroxylation is 2. The van der Waals surface area contributed by atoms with Gasteiger partial charge in [-0.25, -0.2) is 0 Å². The predicted molar refractivity (Wildman–Crippen MR) is 86.6 cm³/mol. The van der Waals surface area contributed by atoms with Crippen molar-refractivity contribution in [3.8, 4) is 0 Å². The third-order valence-corrected chi connectivity index (χ3v) is 4.02. The van der Waals surface area contributed by atoms with Gasteiger partial charge in [0.05, 0.1) is 12.8 Å². The zero-order valence-corrected chi connectivity index (χ0v) is 13.1. The first-order valence-corrected chi connectivity index (χ1v) is 7.70. The van der Waals surface area contributed by atoms with Crippen LogP contribution >= 0.6 is 0 Å². The van der Waals surface area contributed by atoms with Crippen LogP contribution in [0, 0.1) is 13.8 Å². The summed E-state index contributed by atoms with van der Waals surface area (Å²) in [6.45, 7) is 6.00. The third-order valence-electron chi connectivity index (χ3n) is 4.02. The second-order valence-corrected chi connectivity index (χ2v) is 6.23. The quantitative estimate of drug-likeness (QED) is 0.875. The van der Waals surface area contributed by atoms with E-state index in [0.29, 0.717) is 0 Å².